The molecule has 2 aromatic heterocycles. The van der Waals surface area contributed by atoms with Crippen molar-refractivity contribution >= 4 is 11.6 Å². The lowest BCUT2D eigenvalue weighted by atomic mass is 10.3. The lowest BCUT2D eigenvalue weighted by Gasteiger charge is -1.94. The number of rotatable bonds is 1. The van der Waals surface area contributed by atoms with Crippen LogP contribution in [-0.2, 0) is 4.74 Å². The predicted molar refractivity (Wildman–Crippen MR) is 44.3 cm³/mol. The van der Waals surface area contributed by atoms with Gasteiger partial charge in [0, 0.05) is 12.4 Å². The number of nitrogens with zero attached hydrogens (tertiary/aromatic N) is 3. The van der Waals surface area contributed by atoms with E-state index in [1.165, 1.54) is 17.8 Å². The van der Waals surface area contributed by atoms with E-state index >= 15 is 0 Å². The van der Waals surface area contributed by atoms with Gasteiger partial charge < -0.3 is 4.74 Å². The molecule has 2 aromatic rings. The Hall–Kier alpha value is -1.91. The van der Waals surface area contributed by atoms with Crippen molar-refractivity contribution in [2.75, 3.05) is 7.11 Å². The molecule has 0 fully saturated rings. The van der Waals surface area contributed by atoms with Crippen LogP contribution in [0.25, 0.3) is 5.65 Å². The highest BCUT2D eigenvalue weighted by Gasteiger charge is 2.12. The fourth-order valence-electron chi connectivity index (χ4n) is 1.08. The maximum Gasteiger partial charge on any atom is 0.343 e. The molecule has 0 bridgehead atoms. The Morgan fingerprint density at radius 3 is 3.23 bits per heavy atom. The van der Waals surface area contributed by atoms with E-state index in [2.05, 4.69) is 14.8 Å². The molecule has 0 aliphatic rings. The quantitative estimate of drug-likeness (QED) is 0.596. The Kier molecular flexibility index (Phi) is 1.70. The summed E-state index contributed by atoms with van der Waals surface area (Å²) in [4.78, 5) is 15.2. The third kappa shape index (κ3) is 1.14. The molecule has 0 N–H and O–H groups in total. The second-order valence-corrected chi connectivity index (χ2v) is 2.44. The van der Waals surface area contributed by atoms with E-state index in [4.69, 9.17) is 0 Å². The van der Waals surface area contributed by atoms with Crippen molar-refractivity contribution < 1.29 is 9.53 Å². The number of esters is 1. The van der Waals surface area contributed by atoms with E-state index in [0.29, 0.717) is 11.2 Å². The summed E-state index contributed by atoms with van der Waals surface area (Å²) >= 11 is 0. The van der Waals surface area contributed by atoms with Crippen molar-refractivity contribution in [2.45, 2.75) is 0 Å². The maximum atomic E-state index is 11.2. The molecule has 5 heteroatoms. The molecule has 0 unspecified atom stereocenters. The number of carbonyl (C=O) groups excluding carboxylic acids is 1. The number of carbonyl (C=O) groups is 1. The van der Waals surface area contributed by atoms with Crippen molar-refractivity contribution in [3.8, 4) is 0 Å². The zero-order chi connectivity index (χ0) is 9.26. The molecule has 0 atom stereocenters. The zero-order valence-corrected chi connectivity index (χ0v) is 6.97. The van der Waals surface area contributed by atoms with Crippen LogP contribution in [0.3, 0.4) is 0 Å². The van der Waals surface area contributed by atoms with Gasteiger partial charge in [-0.3, -0.25) is 0 Å². The smallest absolute Gasteiger partial charge is 0.343 e. The molecule has 0 aliphatic heterocycles. The highest BCUT2D eigenvalue weighted by molar-refractivity contribution is 5.95. The van der Waals surface area contributed by atoms with Gasteiger partial charge in [-0.1, -0.05) is 0 Å². The molecular weight excluding hydrogens is 170 g/mol. The summed E-state index contributed by atoms with van der Waals surface area (Å²) < 4.78 is 6.09. The predicted octanol–water partition coefficient (Wildman–Crippen LogP) is 0.516. The summed E-state index contributed by atoms with van der Waals surface area (Å²) in [5, 5.41) is 3.94. The molecule has 0 saturated carbocycles. The summed E-state index contributed by atoms with van der Waals surface area (Å²) in [6, 6.07) is 1.74. The van der Waals surface area contributed by atoms with Gasteiger partial charge in [0.15, 0.2) is 5.65 Å². The first kappa shape index (κ1) is 7.72. The van der Waals surface area contributed by atoms with Gasteiger partial charge in [0.2, 0.25) is 0 Å². The number of ether oxygens (including phenoxy) is 1. The van der Waals surface area contributed by atoms with Crippen LogP contribution < -0.4 is 0 Å². The fourth-order valence-corrected chi connectivity index (χ4v) is 1.08. The van der Waals surface area contributed by atoms with E-state index in [1.807, 2.05) is 0 Å². The first-order valence-corrected chi connectivity index (χ1v) is 3.69. The lowest BCUT2D eigenvalue weighted by molar-refractivity contribution is 0.0602. The first-order chi connectivity index (χ1) is 6.33. The molecule has 0 aliphatic carbocycles. The van der Waals surface area contributed by atoms with Gasteiger partial charge in [-0.15, -0.1) is 0 Å². The maximum absolute atomic E-state index is 11.2. The normalized spacial score (nSPS) is 10.2. The summed E-state index contributed by atoms with van der Waals surface area (Å²) in [7, 11) is 1.33. The third-order valence-corrected chi connectivity index (χ3v) is 1.68. The number of hydrogen-bond acceptors (Lipinski definition) is 4. The van der Waals surface area contributed by atoms with Crippen LogP contribution in [0.2, 0.25) is 0 Å². The Bertz CT molecular complexity index is 449. The molecule has 5 nitrogen and oxygen atoms in total. The average molecular weight is 177 g/mol. The minimum Gasteiger partial charge on any atom is -0.465 e. The lowest BCUT2D eigenvalue weighted by Crippen LogP contribution is -2.01. The van der Waals surface area contributed by atoms with Gasteiger partial charge in [0.25, 0.3) is 0 Å². The van der Waals surface area contributed by atoms with Crippen molar-refractivity contribution in [3.63, 3.8) is 0 Å². The number of fused-ring (bicyclic) bond motifs is 1. The van der Waals surface area contributed by atoms with Crippen LogP contribution in [0.15, 0.2) is 24.7 Å². The molecule has 13 heavy (non-hydrogen) atoms. The molecule has 0 amide bonds. The summed E-state index contributed by atoms with van der Waals surface area (Å²) in [5.74, 6) is -0.423. The van der Waals surface area contributed by atoms with E-state index in [0.717, 1.165) is 0 Å². The van der Waals surface area contributed by atoms with Crippen LogP contribution in [0.5, 0.6) is 0 Å². The summed E-state index contributed by atoms with van der Waals surface area (Å²) in [6.07, 6.45) is 4.76. The highest BCUT2D eigenvalue weighted by Crippen LogP contribution is 2.07. The van der Waals surface area contributed by atoms with Crippen LogP contribution in [0, 0.1) is 0 Å². The number of aromatic nitrogens is 3. The monoisotopic (exact) mass is 177 g/mol. The van der Waals surface area contributed by atoms with E-state index < -0.39 is 5.97 Å². The second kappa shape index (κ2) is 2.85. The zero-order valence-electron chi connectivity index (χ0n) is 6.97. The van der Waals surface area contributed by atoms with Gasteiger partial charge in [-0.2, -0.15) is 5.10 Å². The van der Waals surface area contributed by atoms with Crippen molar-refractivity contribution in [3.05, 3.63) is 30.2 Å². The summed E-state index contributed by atoms with van der Waals surface area (Å²) in [5.41, 5.74) is 0.887. The average Bonchev–Trinajstić information content (AvgIpc) is 2.60. The Morgan fingerprint density at radius 1 is 1.62 bits per heavy atom. The molecule has 0 spiro atoms. The molecule has 2 rings (SSSR count). The summed E-state index contributed by atoms with van der Waals surface area (Å²) in [6.45, 7) is 0. The largest absolute Gasteiger partial charge is 0.465 e. The van der Waals surface area contributed by atoms with Crippen LogP contribution >= 0.6 is 0 Å². The third-order valence-electron chi connectivity index (χ3n) is 1.68. The standard InChI is InChI=1S/C8H7N3O2/c1-13-8(12)6-5-10-11-4-2-3-9-7(6)11/h2-5H,1H3. The number of hydrogen-bond donors (Lipinski definition) is 0. The topological polar surface area (TPSA) is 56.5 Å². The van der Waals surface area contributed by atoms with Gasteiger partial charge >= 0.3 is 5.97 Å². The first-order valence-electron chi connectivity index (χ1n) is 3.69. The minimum atomic E-state index is -0.423. The van der Waals surface area contributed by atoms with Crippen molar-refractivity contribution in [1.29, 1.82) is 0 Å². The SMILES string of the molecule is COC(=O)c1cnn2cccnc12. The van der Waals surface area contributed by atoms with Crippen LogP contribution in [0.4, 0.5) is 0 Å². The Balaban J connectivity index is 2.64. The second-order valence-electron chi connectivity index (χ2n) is 2.44. The number of methoxy groups -OCH3 is 1. The van der Waals surface area contributed by atoms with E-state index in [9.17, 15) is 4.79 Å². The van der Waals surface area contributed by atoms with Crippen molar-refractivity contribution in [1.82, 2.24) is 14.6 Å². The van der Waals surface area contributed by atoms with E-state index in [1.54, 1.807) is 18.5 Å². The molecule has 2 heterocycles. The van der Waals surface area contributed by atoms with Crippen LogP contribution in [0.1, 0.15) is 10.4 Å². The van der Waals surface area contributed by atoms with Gasteiger partial charge in [0.05, 0.1) is 13.3 Å². The van der Waals surface area contributed by atoms with Gasteiger partial charge in [-0.25, -0.2) is 14.3 Å². The van der Waals surface area contributed by atoms with Gasteiger partial charge in [0.1, 0.15) is 5.56 Å². The van der Waals surface area contributed by atoms with Gasteiger partial charge in [-0.05, 0) is 6.07 Å². The molecular formula is C8H7N3O2. The highest BCUT2D eigenvalue weighted by atomic mass is 16.5. The van der Waals surface area contributed by atoms with E-state index in [-0.39, 0.29) is 0 Å². The minimum absolute atomic E-state index is 0.378. The molecule has 0 aromatic carbocycles. The molecule has 0 radical (unpaired) electrons. The molecule has 0 saturated heterocycles. The Morgan fingerprint density at radius 2 is 2.46 bits per heavy atom. The van der Waals surface area contributed by atoms with Crippen LogP contribution in [-0.4, -0.2) is 27.7 Å². The fraction of sp³-hybridized carbons (Fsp3) is 0.125. The Labute approximate surface area is 74.0 Å². The molecule has 66 valence electrons. The van der Waals surface area contributed by atoms with Crippen molar-refractivity contribution in [2.24, 2.45) is 0 Å².